The molecule has 0 amide bonds. The second kappa shape index (κ2) is 16.9. The van der Waals surface area contributed by atoms with E-state index in [0.29, 0.717) is 0 Å². The molecule has 0 aliphatic rings. The second-order valence-electron chi connectivity index (χ2n) is 7.26. The van der Waals surface area contributed by atoms with Crippen LogP contribution >= 0.6 is 11.8 Å². The van der Waals surface area contributed by atoms with Crippen LogP contribution in [0.1, 0.15) is 116 Å². The predicted octanol–water partition coefficient (Wildman–Crippen LogP) is 7.33. The molecule has 0 saturated heterocycles. The Morgan fingerprint density at radius 2 is 1.20 bits per heavy atom. The third-order valence-corrected chi connectivity index (χ3v) is 5.66. The molecule has 0 aliphatic carbocycles. The number of aromatic nitrogens is 3. The molecule has 0 aromatic carbocycles. The van der Waals surface area contributed by atoms with Crippen molar-refractivity contribution in [2.24, 2.45) is 0 Å². The molecule has 0 radical (unpaired) electrons. The zero-order valence-electron chi connectivity index (χ0n) is 16.8. The number of nitrogens with zero attached hydrogens (tertiary/aromatic N) is 2. The highest BCUT2D eigenvalue weighted by Crippen LogP contribution is 2.17. The number of H-pyrrole nitrogens is 1. The molecule has 0 saturated carbocycles. The van der Waals surface area contributed by atoms with Gasteiger partial charge in [-0.2, -0.15) is 0 Å². The van der Waals surface area contributed by atoms with Crippen LogP contribution in [-0.2, 0) is 6.42 Å². The van der Waals surface area contributed by atoms with Crippen molar-refractivity contribution in [2.75, 3.05) is 5.75 Å². The average molecular weight is 368 g/mol. The Morgan fingerprint density at radius 1 is 0.680 bits per heavy atom. The fraction of sp³-hybridized carbons (Fsp3) is 0.905. The molecule has 25 heavy (non-hydrogen) atoms. The van der Waals surface area contributed by atoms with Gasteiger partial charge in [0, 0.05) is 12.2 Å². The molecule has 0 fully saturated rings. The van der Waals surface area contributed by atoms with Crippen LogP contribution in [0.3, 0.4) is 0 Å². The lowest BCUT2D eigenvalue weighted by atomic mass is 10.0. The maximum absolute atomic E-state index is 4.50. The molecule has 1 aromatic rings. The van der Waals surface area contributed by atoms with Gasteiger partial charge < -0.3 is 0 Å². The van der Waals surface area contributed by atoms with Crippen LogP contribution < -0.4 is 0 Å². The van der Waals surface area contributed by atoms with Crippen LogP contribution in [0.25, 0.3) is 0 Å². The van der Waals surface area contributed by atoms with E-state index in [4.69, 9.17) is 0 Å². The van der Waals surface area contributed by atoms with Crippen molar-refractivity contribution in [1.29, 1.82) is 0 Å². The number of nitrogens with one attached hydrogen (secondary N) is 1. The SMILES string of the molecule is CCCCCCCCCCCCCCCCSc1n[nH]c(CCC)n1. The monoisotopic (exact) mass is 367 g/mol. The first-order chi connectivity index (χ1) is 12.4. The van der Waals surface area contributed by atoms with Gasteiger partial charge in [-0.25, -0.2) is 4.98 Å². The summed E-state index contributed by atoms with van der Waals surface area (Å²) in [7, 11) is 0. The molecule has 4 heteroatoms. The number of hydrogen-bond acceptors (Lipinski definition) is 3. The standard InChI is InChI=1S/C21H41N3S/c1-3-5-6-7-8-9-10-11-12-13-14-15-16-17-19-25-21-22-20(18-4-2)23-24-21/h3-19H2,1-2H3,(H,22,23,24). The fourth-order valence-electron chi connectivity index (χ4n) is 3.15. The van der Waals surface area contributed by atoms with Gasteiger partial charge >= 0.3 is 0 Å². The van der Waals surface area contributed by atoms with E-state index in [-0.39, 0.29) is 0 Å². The van der Waals surface area contributed by atoms with Gasteiger partial charge in [-0.05, 0) is 12.8 Å². The zero-order chi connectivity index (χ0) is 18.0. The van der Waals surface area contributed by atoms with Crippen LogP contribution in [0.4, 0.5) is 0 Å². The van der Waals surface area contributed by atoms with Crippen molar-refractivity contribution in [3.8, 4) is 0 Å². The summed E-state index contributed by atoms with van der Waals surface area (Å²) in [6, 6.07) is 0. The van der Waals surface area contributed by atoms with Gasteiger partial charge in [0.25, 0.3) is 0 Å². The zero-order valence-corrected chi connectivity index (χ0v) is 17.6. The van der Waals surface area contributed by atoms with Crippen molar-refractivity contribution in [3.63, 3.8) is 0 Å². The molecule has 0 unspecified atom stereocenters. The molecule has 1 rings (SSSR count). The Labute approximate surface area is 160 Å². The third-order valence-electron chi connectivity index (χ3n) is 4.73. The van der Waals surface area contributed by atoms with Gasteiger partial charge in [0.05, 0.1) is 0 Å². The summed E-state index contributed by atoms with van der Waals surface area (Å²) in [6.07, 6.45) is 22.0. The Kier molecular flexibility index (Phi) is 15.3. The average Bonchev–Trinajstić information content (AvgIpc) is 3.06. The molecule has 3 nitrogen and oxygen atoms in total. The van der Waals surface area contributed by atoms with Crippen LogP contribution in [0, 0.1) is 0 Å². The molecule has 0 aliphatic heterocycles. The first kappa shape index (κ1) is 22.5. The smallest absolute Gasteiger partial charge is 0.208 e. The maximum Gasteiger partial charge on any atom is 0.208 e. The Hall–Kier alpha value is -0.510. The topological polar surface area (TPSA) is 41.6 Å². The molecular weight excluding hydrogens is 326 g/mol. The number of unbranched alkanes of at least 4 members (excludes halogenated alkanes) is 13. The third kappa shape index (κ3) is 13.4. The van der Waals surface area contributed by atoms with Crippen LogP contribution in [0.2, 0.25) is 0 Å². The predicted molar refractivity (Wildman–Crippen MR) is 111 cm³/mol. The lowest BCUT2D eigenvalue weighted by Gasteiger charge is -2.03. The summed E-state index contributed by atoms with van der Waals surface area (Å²) in [5, 5.41) is 8.22. The quantitative estimate of drug-likeness (QED) is 0.218. The first-order valence-corrected chi connectivity index (χ1v) is 11.9. The Bertz CT molecular complexity index is 392. The van der Waals surface area contributed by atoms with Crippen molar-refractivity contribution < 1.29 is 0 Å². The van der Waals surface area contributed by atoms with Crippen molar-refractivity contribution in [1.82, 2.24) is 15.2 Å². The van der Waals surface area contributed by atoms with Gasteiger partial charge in [0.15, 0.2) is 0 Å². The van der Waals surface area contributed by atoms with Crippen molar-refractivity contribution in [2.45, 2.75) is 122 Å². The van der Waals surface area contributed by atoms with Gasteiger partial charge in [-0.15, -0.1) is 5.10 Å². The van der Waals surface area contributed by atoms with Gasteiger partial charge in [0.1, 0.15) is 5.82 Å². The van der Waals surface area contributed by atoms with Crippen molar-refractivity contribution >= 4 is 11.8 Å². The molecule has 1 heterocycles. The minimum atomic E-state index is 0.929. The Balaban J connectivity index is 1.77. The largest absolute Gasteiger partial charge is 0.262 e. The summed E-state index contributed by atoms with van der Waals surface area (Å²) in [5.41, 5.74) is 0. The number of aryl methyl sites for hydroxylation is 1. The lowest BCUT2D eigenvalue weighted by molar-refractivity contribution is 0.538. The normalized spacial score (nSPS) is 11.3. The Morgan fingerprint density at radius 3 is 1.72 bits per heavy atom. The van der Waals surface area contributed by atoms with E-state index < -0.39 is 0 Å². The van der Waals surface area contributed by atoms with Crippen LogP contribution in [-0.4, -0.2) is 20.9 Å². The fourth-order valence-corrected chi connectivity index (χ4v) is 3.97. The van der Waals surface area contributed by atoms with Gasteiger partial charge in [-0.3, -0.25) is 5.10 Å². The molecule has 1 N–H and O–H groups in total. The highest BCUT2D eigenvalue weighted by Gasteiger charge is 2.02. The van der Waals surface area contributed by atoms with E-state index in [1.54, 1.807) is 11.8 Å². The summed E-state index contributed by atoms with van der Waals surface area (Å²) in [5.74, 6) is 2.19. The van der Waals surface area contributed by atoms with E-state index in [1.165, 1.54) is 89.9 Å². The molecule has 0 spiro atoms. The number of hydrogen-bond donors (Lipinski definition) is 1. The van der Waals surface area contributed by atoms with Crippen LogP contribution in [0.5, 0.6) is 0 Å². The van der Waals surface area contributed by atoms with E-state index in [0.717, 1.165) is 29.6 Å². The summed E-state index contributed by atoms with van der Waals surface area (Å²) in [4.78, 5) is 4.50. The minimum absolute atomic E-state index is 0.929. The minimum Gasteiger partial charge on any atom is -0.262 e. The van der Waals surface area contributed by atoms with Gasteiger partial charge in [-0.1, -0.05) is 109 Å². The maximum atomic E-state index is 4.50. The highest BCUT2D eigenvalue weighted by molar-refractivity contribution is 7.99. The van der Waals surface area contributed by atoms with Gasteiger partial charge in [0.2, 0.25) is 5.16 Å². The number of rotatable bonds is 18. The lowest BCUT2D eigenvalue weighted by Crippen LogP contribution is -1.86. The second-order valence-corrected chi connectivity index (χ2v) is 8.32. The summed E-state index contributed by atoms with van der Waals surface area (Å²) < 4.78 is 0. The molecule has 1 aromatic heterocycles. The van der Waals surface area contributed by atoms with E-state index >= 15 is 0 Å². The highest BCUT2D eigenvalue weighted by atomic mass is 32.2. The molecule has 0 atom stereocenters. The van der Waals surface area contributed by atoms with Crippen LogP contribution in [0.15, 0.2) is 5.16 Å². The summed E-state index contributed by atoms with van der Waals surface area (Å²) in [6.45, 7) is 4.46. The van der Waals surface area contributed by atoms with E-state index in [9.17, 15) is 0 Å². The van der Waals surface area contributed by atoms with E-state index in [2.05, 4.69) is 29.0 Å². The summed E-state index contributed by atoms with van der Waals surface area (Å²) >= 11 is 1.80. The molecule has 0 bridgehead atoms. The first-order valence-electron chi connectivity index (χ1n) is 10.9. The number of aromatic amines is 1. The molecular formula is C21H41N3S. The van der Waals surface area contributed by atoms with E-state index in [1.807, 2.05) is 0 Å². The number of thioether (sulfide) groups is 1. The molecule has 146 valence electrons. The van der Waals surface area contributed by atoms with Crippen molar-refractivity contribution in [3.05, 3.63) is 5.82 Å².